The maximum Gasteiger partial charge on any atom is 0.0885 e. The molecule has 2 nitrogen and oxygen atoms in total. The van der Waals surface area contributed by atoms with Crippen LogP contribution in [0.1, 0.15) is 33.6 Å². The molecule has 0 aromatic carbocycles. The highest BCUT2D eigenvalue weighted by Gasteiger charge is 2.08. The molecular weight excluding hydrogens is 162 g/mol. The zero-order valence-corrected chi connectivity index (χ0v) is 9.18. The second-order valence-electron chi connectivity index (χ2n) is 3.60. The van der Waals surface area contributed by atoms with Crippen LogP contribution in [0.25, 0.3) is 0 Å². The van der Waals surface area contributed by atoms with Gasteiger partial charge < -0.3 is 10.1 Å². The van der Waals surface area contributed by atoms with Crippen LogP contribution in [0.5, 0.6) is 0 Å². The molecule has 0 spiro atoms. The first-order valence-corrected chi connectivity index (χ1v) is 5.18. The zero-order valence-electron chi connectivity index (χ0n) is 9.18. The molecule has 1 N–H and O–H groups in total. The summed E-state index contributed by atoms with van der Waals surface area (Å²) in [6.45, 7) is 12.0. The maximum absolute atomic E-state index is 5.03. The van der Waals surface area contributed by atoms with Gasteiger partial charge in [-0.15, -0.1) is 0 Å². The minimum atomic E-state index is 0.642. The van der Waals surface area contributed by atoms with Crippen LogP contribution >= 0.6 is 0 Å². The van der Waals surface area contributed by atoms with Crippen LogP contribution in [0.15, 0.2) is 12.8 Å². The molecule has 2 heteroatoms. The third-order valence-corrected chi connectivity index (χ3v) is 2.21. The number of nitrogens with one attached hydrogen (secondary N) is 1. The van der Waals surface area contributed by atoms with Gasteiger partial charge in [0.2, 0.25) is 0 Å². The number of rotatable bonds is 8. The monoisotopic (exact) mass is 185 g/mol. The van der Waals surface area contributed by atoms with Crippen LogP contribution in [0.3, 0.4) is 0 Å². The Morgan fingerprint density at radius 2 is 2.15 bits per heavy atom. The summed E-state index contributed by atoms with van der Waals surface area (Å²) in [5, 5.41) is 3.51. The van der Waals surface area contributed by atoms with Crippen molar-refractivity contribution in [1.29, 1.82) is 0 Å². The van der Waals surface area contributed by atoms with E-state index >= 15 is 0 Å². The van der Waals surface area contributed by atoms with Crippen molar-refractivity contribution < 1.29 is 4.74 Å². The molecule has 0 radical (unpaired) electrons. The molecule has 78 valence electrons. The average Bonchev–Trinajstić information content (AvgIpc) is 2.10. The average molecular weight is 185 g/mol. The van der Waals surface area contributed by atoms with E-state index in [4.69, 9.17) is 4.74 Å². The lowest BCUT2D eigenvalue weighted by Gasteiger charge is -2.20. The summed E-state index contributed by atoms with van der Waals surface area (Å²) >= 11 is 0. The Labute approximate surface area is 82.4 Å². The summed E-state index contributed by atoms with van der Waals surface area (Å²) in [7, 11) is 0. The minimum Gasteiger partial charge on any atom is -0.502 e. The van der Waals surface area contributed by atoms with E-state index in [1.54, 1.807) is 0 Å². The third-order valence-electron chi connectivity index (χ3n) is 2.21. The molecule has 1 unspecified atom stereocenters. The summed E-state index contributed by atoms with van der Waals surface area (Å²) in [5.74, 6) is 0.713. The quantitative estimate of drug-likeness (QED) is 0.463. The Hall–Kier alpha value is -0.500. The summed E-state index contributed by atoms with van der Waals surface area (Å²) in [5.41, 5.74) is 0. The molecule has 0 aromatic heterocycles. The van der Waals surface area contributed by atoms with Crippen molar-refractivity contribution in [1.82, 2.24) is 5.32 Å². The first-order chi connectivity index (χ1) is 6.22. The van der Waals surface area contributed by atoms with E-state index in [0.29, 0.717) is 12.0 Å². The minimum absolute atomic E-state index is 0.642. The van der Waals surface area contributed by atoms with E-state index in [1.165, 1.54) is 12.7 Å². The highest BCUT2D eigenvalue weighted by Crippen LogP contribution is 2.04. The molecule has 0 saturated carbocycles. The van der Waals surface area contributed by atoms with Crippen molar-refractivity contribution in [3.63, 3.8) is 0 Å². The largest absolute Gasteiger partial charge is 0.502 e. The highest BCUT2D eigenvalue weighted by molar-refractivity contribution is 4.68. The molecule has 0 aliphatic carbocycles. The Bertz CT molecular complexity index is 123. The third kappa shape index (κ3) is 6.64. The van der Waals surface area contributed by atoms with Gasteiger partial charge in [-0.3, -0.25) is 0 Å². The van der Waals surface area contributed by atoms with E-state index in [-0.39, 0.29) is 0 Å². The van der Waals surface area contributed by atoms with E-state index < -0.39 is 0 Å². The lowest BCUT2D eigenvalue weighted by molar-refractivity contribution is 0.240. The van der Waals surface area contributed by atoms with Crippen molar-refractivity contribution in [2.45, 2.75) is 39.7 Å². The number of hydrogen-bond donors (Lipinski definition) is 1. The van der Waals surface area contributed by atoms with Crippen LogP contribution in [-0.2, 0) is 4.74 Å². The maximum atomic E-state index is 5.03. The lowest BCUT2D eigenvalue weighted by atomic mass is 10.0. The molecule has 13 heavy (non-hydrogen) atoms. The first-order valence-electron chi connectivity index (χ1n) is 5.18. The van der Waals surface area contributed by atoms with Gasteiger partial charge in [-0.1, -0.05) is 27.4 Å². The van der Waals surface area contributed by atoms with Crippen molar-refractivity contribution in [2.75, 3.05) is 13.2 Å². The molecular formula is C11H23NO. The molecule has 0 bridgehead atoms. The van der Waals surface area contributed by atoms with Gasteiger partial charge in [0, 0.05) is 6.04 Å². The Morgan fingerprint density at radius 3 is 2.62 bits per heavy atom. The van der Waals surface area contributed by atoms with Crippen molar-refractivity contribution in [3.05, 3.63) is 12.8 Å². The van der Waals surface area contributed by atoms with E-state index in [9.17, 15) is 0 Å². The SMILES string of the molecule is C=COCCCNC(CC)C(C)C. The molecule has 0 amide bonds. The normalized spacial score (nSPS) is 12.9. The van der Waals surface area contributed by atoms with Crippen LogP contribution < -0.4 is 5.32 Å². The number of ether oxygens (including phenoxy) is 1. The summed E-state index contributed by atoms with van der Waals surface area (Å²) in [4.78, 5) is 0. The van der Waals surface area contributed by atoms with Crippen LogP contribution in [0.4, 0.5) is 0 Å². The first kappa shape index (κ1) is 12.5. The standard InChI is InChI=1S/C11H23NO/c1-5-11(10(3)4)12-8-7-9-13-6-2/h6,10-12H,2,5,7-9H2,1,3-4H3. The van der Waals surface area contributed by atoms with E-state index in [2.05, 4.69) is 32.7 Å². The van der Waals surface area contributed by atoms with Gasteiger partial charge in [0.1, 0.15) is 0 Å². The van der Waals surface area contributed by atoms with Gasteiger partial charge in [-0.2, -0.15) is 0 Å². The summed E-state index contributed by atoms with van der Waals surface area (Å²) < 4.78 is 5.03. The highest BCUT2D eigenvalue weighted by atomic mass is 16.5. The summed E-state index contributed by atoms with van der Waals surface area (Å²) in [6, 6.07) is 0.642. The zero-order chi connectivity index (χ0) is 10.1. The second kappa shape index (κ2) is 8.11. The van der Waals surface area contributed by atoms with Gasteiger partial charge in [0.15, 0.2) is 0 Å². The molecule has 1 atom stereocenters. The molecule has 0 aliphatic heterocycles. The van der Waals surface area contributed by atoms with Crippen LogP contribution in [-0.4, -0.2) is 19.2 Å². The Kier molecular flexibility index (Phi) is 7.80. The summed E-state index contributed by atoms with van der Waals surface area (Å²) in [6.07, 6.45) is 3.75. The predicted molar refractivity (Wildman–Crippen MR) is 57.7 cm³/mol. The molecule has 0 saturated heterocycles. The molecule has 0 rings (SSSR count). The fraction of sp³-hybridized carbons (Fsp3) is 0.818. The molecule has 0 heterocycles. The molecule has 0 fully saturated rings. The fourth-order valence-electron chi connectivity index (χ4n) is 1.38. The second-order valence-corrected chi connectivity index (χ2v) is 3.60. The molecule has 0 aromatic rings. The van der Waals surface area contributed by atoms with Crippen molar-refractivity contribution >= 4 is 0 Å². The number of hydrogen-bond acceptors (Lipinski definition) is 2. The van der Waals surface area contributed by atoms with Crippen LogP contribution in [0.2, 0.25) is 0 Å². The van der Waals surface area contributed by atoms with Crippen LogP contribution in [0, 0.1) is 5.92 Å². The van der Waals surface area contributed by atoms with Gasteiger partial charge in [0.25, 0.3) is 0 Å². The van der Waals surface area contributed by atoms with Crippen molar-refractivity contribution in [3.8, 4) is 0 Å². The fourth-order valence-corrected chi connectivity index (χ4v) is 1.38. The molecule has 0 aliphatic rings. The Balaban J connectivity index is 3.33. The van der Waals surface area contributed by atoms with Crippen molar-refractivity contribution in [2.24, 2.45) is 5.92 Å². The van der Waals surface area contributed by atoms with E-state index in [1.807, 2.05) is 0 Å². The smallest absolute Gasteiger partial charge is 0.0885 e. The Morgan fingerprint density at radius 1 is 1.46 bits per heavy atom. The van der Waals surface area contributed by atoms with Gasteiger partial charge >= 0.3 is 0 Å². The topological polar surface area (TPSA) is 21.3 Å². The van der Waals surface area contributed by atoms with E-state index in [0.717, 1.165) is 19.6 Å². The predicted octanol–water partition coefficient (Wildman–Crippen LogP) is 2.56. The van der Waals surface area contributed by atoms with Gasteiger partial charge in [-0.25, -0.2) is 0 Å². The van der Waals surface area contributed by atoms with Gasteiger partial charge in [-0.05, 0) is 25.3 Å². The lowest BCUT2D eigenvalue weighted by Crippen LogP contribution is -2.34. The van der Waals surface area contributed by atoms with Gasteiger partial charge in [0.05, 0.1) is 12.9 Å².